The molecule has 4 nitrogen and oxygen atoms in total. The highest BCUT2D eigenvalue weighted by Crippen LogP contribution is 2.10. The maximum atomic E-state index is 10.7. The summed E-state index contributed by atoms with van der Waals surface area (Å²) in [5, 5.41) is 8.24. The molecule has 0 aromatic heterocycles. The van der Waals surface area contributed by atoms with Crippen molar-refractivity contribution in [3.05, 3.63) is 0 Å². The van der Waals surface area contributed by atoms with Gasteiger partial charge in [-0.1, -0.05) is 0 Å². The molecule has 0 bridgehead atoms. The summed E-state index contributed by atoms with van der Waals surface area (Å²) in [6.45, 7) is 0.534. The van der Waals surface area contributed by atoms with Crippen molar-refractivity contribution in [1.29, 1.82) is 5.26 Å². The molecule has 1 unspecified atom stereocenters. The third-order valence-corrected chi connectivity index (χ3v) is 1.38. The first kappa shape index (κ1) is 6.87. The van der Waals surface area contributed by atoms with Gasteiger partial charge in [-0.25, -0.2) is 4.79 Å². The van der Waals surface area contributed by atoms with Gasteiger partial charge < -0.3 is 9.64 Å². The highest BCUT2D eigenvalue weighted by atomic mass is 16.6. The Morgan fingerprint density at radius 1 is 2.00 bits per heavy atom. The van der Waals surface area contributed by atoms with Crippen molar-refractivity contribution >= 4 is 6.09 Å². The fourth-order valence-electron chi connectivity index (χ4n) is 0.858. The van der Waals surface area contributed by atoms with Crippen LogP contribution in [0.5, 0.6) is 0 Å². The number of carbonyl (C=O) groups excluding carboxylic acids is 1. The van der Waals surface area contributed by atoms with E-state index in [9.17, 15) is 4.79 Å². The van der Waals surface area contributed by atoms with E-state index in [-0.39, 0.29) is 18.6 Å². The van der Waals surface area contributed by atoms with Gasteiger partial charge in [0.05, 0.1) is 19.0 Å². The van der Waals surface area contributed by atoms with Crippen molar-refractivity contribution in [2.45, 2.75) is 12.5 Å². The molecule has 1 aliphatic rings. The molecular weight excluding hydrogens is 132 g/mol. The van der Waals surface area contributed by atoms with Gasteiger partial charge in [-0.15, -0.1) is 0 Å². The third-order valence-electron chi connectivity index (χ3n) is 1.38. The molecule has 0 aromatic carbocycles. The van der Waals surface area contributed by atoms with Crippen molar-refractivity contribution in [2.75, 3.05) is 13.6 Å². The number of likely N-dealkylation sites (N-methyl/N-ethyl adjacent to an activating group) is 1. The molecule has 0 aromatic rings. The van der Waals surface area contributed by atoms with Crippen LogP contribution in [0.3, 0.4) is 0 Å². The van der Waals surface area contributed by atoms with E-state index in [4.69, 9.17) is 10.00 Å². The van der Waals surface area contributed by atoms with Gasteiger partial charge in [-0.05, 0) is 0 Å². The van der Waals surface area contributed by atoms with E-state index in [0.717, 1.165) is 0 Å². The van der Waals surface area contributed by atoms with Gasteiger partial charge in [0.2, 0.25) is 0 Å². The van der Waals surface area contributed by atoms with Crippen LogP contribution in [0.15, 0.2) is 0 Å². The zero-order chi connectivity index (χ0) is 7.56. The molecule has 0 aliphatic carbocycles. The Bertz CT molecular complexity index is 185. The van der Waals surface area contributed by atoms with Crippen molar-refractivity contribution in [1.82, 2.24) is 4.90 Å². The molecule has 1 fully saturated rings. The van der Waals surface area contributed by atoms with Crippen molar-refractivity contribution in [3.8, 4) is 6.07 Å². The topological polar surface area (TPSA) is 53.3 Å². The van der Waals surface area contributed by atoms with Crippen molar-refractivity contribution < 1.29 is 9.53 Å². The fraction of sp³-hybridized carbons (Fsp3) is 0.667. The normalized spacial score (nSPS) is 24.2. The standard InChI is InChI=1S/C6H8N2O2/c1-8-4-5(2-3-7)10-6(8)9/h5H,2,4H2,1H3. The maximum absolute atomic E-state index is 10.7. The van der Waals surface area contributed by atoms with E-state index >= 15 is 0 Å². The fourth-order valence-corrected chi connectivity index (χ4v) is 0.858. The van der Waals surface area contributed by atoms with Crippen LogP contribution in [-0.4, -0.2) is 30.7 Å². The van der Waals surface area contributed by atoms with Crippen LogP contribution in [0.25, 0.3) is 0 Å². The molecule has 1 heterocycles. The van der Waals surface area contributed by atoms with Gasteiger partial charge in [0.1, 0.15) is 6.10 Å². The summed E-state index contributed by atoms with van der Waals surface area (Å²) in [6.07, 6.45) is -0.265. The smallest absolute Gasteiger partial charge is 0.409 e. The van der Waals surface area contributed by atoms with Crippen LogP contribution >= 0.6 is 0 Å². The van der Waals surface area contributed by atoms with Gasteiger partial charge in [0, 0.05) is 7.05 Å². The number of nitriles is 1. The number of hydrogen-bond donors (Lipinski definition) is 0. The average Bonchev–Trinajstić information content (AvgIpc) is 2.14. The SMILES string of the molecule is CN1CC(CC#N)OC1=O. The zero-order valence-electron chi connectivity index (χ0n) is 5.70. The second-order valence-corrected chi connectivity index (χ2v) is 2.25. The number of carbonyl (C=O) groups is 1. The van der Waals surface area contributed by atoms with E-state index in [1.165, 1.54) is 4.90 Å². The monoisotopic (exact) mass is 140 g/mol. The number of hydrogen-bond acceptors (Lipinski definition) is 3. The van der Waals surface area contributed by atoms with Crippen LogP contribution in [0.4, 0.5) is 4.79 Å². The number of nitrogens with zero attached hydrogens (tertiary/aromatic N) is 2. The van der Waals surface area contributed by atoms with Crippen LogP contribution in [-0.2, 0) is 4.74 Å². The summed E-state index contributed by atoms with van der Waals surface area (Å²) in [5.74, 6) is 0. The molecule has 1 atom stereocenters. The van der Waals surface area contributed by atoms with Crippen molar-refractivity contribution in [2.24, 2.45) is 0 Å². The Hall–Kier alpha value is -1.24. The van der Waals surface area contributed by atoms with Crippen LogP contribution in [0.2, 0.25) is 0 Å². The quantitative estimate of drug-likeness (QED) is 0.528. The Morgan fingerprint density at radius 2 is 2.70 bits per heavy atom. The minimum atomic E-state index is -0.333. The molecule has 0 radical (unpaired) electrons. The van der Waals surface area contributed by atoms with Crippen molar-refractivity contribution in [3.63, 3.8) is 0 Å². The van der Waals surface area contributed by atoms with Gasteiger partial charge >= 0.3 is 6.09 Å². The molecule has 4 heteroatoms. The predicted molar refractivity (Wildman–Crippen MR) is 33.1 cm³/mol. The maximum Gasteiger partial charge on any atom is 0.409 e. The molecule has 54 valence electrons. The van der Waals surface area contributed by atoms with E-state index < -0.39 is 0 Å². The van der Waals surface area contributed by atoms with E-state index in [1.54, 1.807) is 7.05 Å². The highest BCUT2D eigenvalue weighted by Gasteiger charge is 2.27. The molecular formula is C6H8N2O2. The molecule has 0 N–H and O–H groups in total. The molecule has 1 rings (SSSR count). The summed E-state index contributed by atoms with van der Waals surface area (Å²) < 4.78 is 4.78. The zero-order valence-corrected chi connectivity index (χ0v) is 5.70. The lowest BCUT2D eigenvalue weighted by atomic mass is 10.3. The van der Waals surface area contributed by atoms with E-state index in [1.807, 2.05) is 6.07 Å². The molecule has 1 aliphatic heterocycles. The van der Waals surface area contributed by atoms with Gasteiger partial charge in [-0.3, -0.25) is 0 Å². The van der Waals surface area contributed by atoms with Crippen LogP contribution in [0.1, 0.15) is 6.42 Å². The first-order valence-corrected chi connectivity index (χ1v) is 3.02. The lowest BCUT2D eigenvalue weighted by Crippen LogP contribution is -2.18. The lowest BCUT2D eigenvalue weighted by molar-refractivity contribution is 0.136. The summed E-state index contributed by atoms with van der Waals surface area (Å²) >= 11 is 0. The first-order chi connectivity index (χ1) is 4.74. The van der Waals surface area contributed by atoms with E-state index in [2.05, 4.69) is 0 Å². The minimum absolute atomic E-state index is 0.220. The Balaban J connectivity index is 2.43. The summed E-state index contributed by atoms with van der Waals surface area (Å²) in [5.41, 5.74) is 0. The van der Waals surface area contributed by atoms with Gasteiger partial charge in [0.15, 0.2) is 0 Å². The second-order valence-electron chi connectivity index (χ2n) is 2.25. The second kappa shape index (κ2) is 2.56. The molecule has 0 spiro atoms. The lowest BCUT2D eigenvalue weighted by Gasteiger charge is -2.00. The minimum Gasteiger partial charge on any atom is -0.443 e. The first-order valence-electron chi connectivity index (χ1n) is 3.02. The van der Waals surface area contributed by atoms with Crippen LogP contribution < -0.4 is 0 Å². The number of ether oxygens (including phenoxy) is 1. The molecule has 1 saturated heterocycles. The number of rotatable bonds is 1. The molecule has 0 saturated carbocycles. The summed E-state index contributed by atoms with van der Waals surface area (Å²) in [6, 6.07) is 1.95. The molecule has 1 amide bonds. The Morgan fingerprint density at radius 3 is 3.10 bits per heavy atom. The average molecular weight is 140 g/mol. The highest BCUT2D eigenvalue weighted by molar-refractivity contribution is 5.69. The van der Waals surface area contributed by atoms with E-state index in [0.29, 0.717) is 6.54 Å². The predicted octanol–water partition coefficient (Wildman–Crippen LogP) is 0.351. The summed E-state index contributed by atoms with van der Waals surface area (Å²) in [7, 11) is 1.65. The Labute approximate surface area is 59.0 Å². The Kier molecular flexibility index (Phi) is 1.76. The number of amides is 1. The molecule has 10 heavy (non-hydrogen) atoms. The van der Waals surface area contributed by atoms with Crippen LogP contribution in [0, 0.1) is 11.3 Å². The third kappa shape index (κ3) is 1.18. The largest absolute Gasteiger partial charge is 0.443 e. The van der Waals surface area contributed by atoms with Gasteiger partial charge in [-0.2, -0.15) is 5.26 Å². The summed E-state index contributed by atoms with van der Waals surface area (Å²) in [4.78, 5) is 12.1. The van der Waals surface area contributed by atoms with Gasteiger partial charge in [0.25, 0.3) is 0 Å². The number of cyclic esters (lactones) is 1.